The van der Waals surface area contributed by atoms with Gasteiger partial charge >= 0.3 is 0 Å². The molecule has 3 aromatic rings. The lowest BCUT2D eigenvalue weighted by Gasteiger charge is -2.07. The maximum atomic E-state index is 11.8. The molecule has 0 aliphatic carbocycles. The topological polar surface area (TPSA) is 63.8 Å². The minimum absolute atomic E-state index is 0.0449. The van der Waals surface area contributed by atoms with E-state index in [9.17, 15) is 4.79 Å². The number of benzene rings is 2. The smallest absolute Gasteiger partial charge is 0.258 e. The summed E-state index contributed by atoms with van der Waals surface area (Å²) in [6.07, 6.45) is 3.38. The average Bonchev–Trinajstić information content (AvgIpc) is 3.20. The largest absolute Gasteiger partial charge is 0.484 e. The second-order valence-corrected chi connectivity index (χ2v) is 6.24. The Balaban J connectivity index is 1.48. The second-order valence-electron chi connectivity index (χ2n) is 6.24. The van der Waals surface area contributed by atoms with E-state index in [1.54, 1.807) is 18.4 Å². The molecule has 0 bridgehead atoms. The first-order valence-electron chi connectivity index (χ1n) is 8.73. The molecule has 5 nitrogen and oxygen atoms in total. The van der Waals surface area contributed by atoms with Gasteiger partial charge in [-0.2, -0.15) is 0 Å². The molecule has 0 unspecified atom stereocenters. The van der Waals surface area contributed by atoms with Gasteiger partial charge in [-0.25, -0.2) is 0 Å². The third-order valence-electron chi connectivity index (χ3n) is 4.14. The predicted molar refractivity (Wildman–Crippen MR) is 106 cm³/mol. The van der Waals surface area contributed by atoms with Crippen molar-refractivity contribution in [3.63, 3.8) is 0 Å². The summed E-state index contributed by atoms with van der Waals surface area (Å²) in [5, 5.41) is 2.73. The van der Waals surface area contributed by atoms with Gasteiger partial charge in [0.2, 0.25) is 0 Å². The van der Waals surface area contributed by atoms with E-state index in [1.165, 1.54) is 11.1 Å². The Bertz CT molecular complexity index is 913. The van der Waals surface area contributed by atoms with Gasteiger partial charge in [-0.1, -0.05) is 6.07 Å². The molecule has 0 atom stereocenters. The SMILES string of the molecule is Cc1ccc(N=Cc2ccc(OCC(=O)NCc3ccco3)cc2)cc1C. The Labute approximate surface area is 158 Å². The van der Waals surface area contributed by atoms with Crippen LogP contribution in [0, 0.1) is 13.8 Å². The zero-order valence-corrected chi connectivity index (χ0v) is 15.4. The van der Waals surface area contributed by atoms with Crippen LogP contribution >= 0.6 is 0 Å². The molecule has 138 valence electrons. The first kappa shape index (κ1) is 18.5. The van der Waals surface area contributed by atoms with Crippen LogP contribution in [-0.4, -0.2) is 18.7 Å². The fourth-order valence-corrected chi connectivity index (χ4v) is 2.40. The van der Waals surface area contributed by atoms with E-state index in [2.05, 4.69) is 36.3 Å². The molecular weight excluding hydrogens is 340 g/mol. The van der Waals surface area contributed by atoms with Crippen molar-refractivity contribution in [2.24, 2.45) is 4.99 Å². The van der Waals surface area contributed by atoms with Crippen molar-refractivity contribution in [2.45, 2.75) is 20.4 Å². The number of aryl methyl sites for hydroxylation is 2. The third kappa shape index (κ3) is 5.57. The first-order valence-corrected chi connectivity index (χ1v) is 8.73. The van der Waals surface area contributed by atoms with Crippen LogP contribution in [0.4, 0.5) is 5.69 Å². The fraction of sp³-hybridized carbons (Fsp3) is 0.182. The molecule has 2 aromatic carbocycles. The molecule has 0 aliphatic heterocycles. The zero-order valence-electron chi connectivity index (χ0n) is 15.4. The molecule has 1 aromatic heterocycles. The van der Waals surface area contributed by atoms with Gasteiger partial charge in [0.25, 0.3) is 5.91 Å². The second kappa shape index (κ2) is 8.85. The number of nitrogens with one attached hydrogen (secondary N) is 1. The monoisotopic (exact) mass is 362 g/mol. The van der Waals surface area contributed by atoms with E-state index in [-0.39, 0.29) is 12.5 Å². The van der Waals surface area contributed by atoms with Crippen molar-refractivity contribution < 1.29 is 13.9 Å². The molecule has 0 fully saturated rings. The Kier molecular flexibility index (Phi) is 6.05. The number of rotatable bonds is 7. The standard InChI is InChI=1S/C22H22N2O3/c1-16-5-8-19(12-17(16)2)23-13-18-6-9-20(10-7-18)27-15-22(25)24-14-21-4-3-11-26-21/h3-13H,14-15H2,1-2H3,(H,24,25). The predicted octanol–water partition coefficient (Wildman–Crippen LogP) is 4.34. The summed E-state index contributed by atoms with van der Waals surface area (Å²) in [7, 11) is 0. The van der Waals surface area contributed by atoms with Crippen LogP contribution in [0.3, 0.4) is 0 Å². The van der Waals surface area contributed by atoms with Crippen molar-refractivity contribution in [1.29, 1.82) is 0 Å². The number of hydrogen-bond donors (Lipinski definition) is 1. The van der Waals surface area contributed by atoms with Gasteiger partial charge < -0.3 is 14.5 Å². The summed E-state index contributed by atoms with van der Waals surface area (Å²) in [4.78, 5) is 16.3. The molecule has 1 heterocycles. The number of carbonyl (C=O) groups excluding carboxylic acids is 1. The van der Waals surface area contributed by atoms with Crippen LogP contribution in [0.2, 0.25) is 0 Å². The first-order chi connectivity index (χ1) is 13.1. The van der Waals surface area contributed by atoms with Crippen LogP contribution in [-0.2, 0) is 11.3 Å². The van der Waals surface area contributed by atoms with Gasteiger partial charge in [0.15, 0.2) is 6.61 Å². The molecule has 0 spiro atoms. The lowest BCUT2D eigenvalue weighted by atomic mass is 10.1. The minimum atomic E-state index is -0.202. The number of aliphatic imine (C=N–C) groups is 1. The van der Waals surface area contributed by atoms with Gasteiger partial charge in [-0.3, -0.25) is 9.79 Å². The van der Waals surface area contributed by atoms with Crippen LogP contribution < -0.4 is 10.1 Å². The summed E-state index contributed by atoms with van der Waals surface area (Å²) in [5.74, 6) is 1.13. The van der Waals surface area contributed by atoms with Crippen LogP contribution in [0.5, 0.6) is 5.75 Å². The summed E-state index contributed by atoms with van der Waals surface area (Å²) >= 11 is 0. The van der Waals surface area contributed by atoms with Crippen molar-refractivity contribution in [1.82, 2.24) is 5.32 Å². The Hall–Kier alpha value is -3.34. The lowest BCUT2D eigenvalue weighted by Crippen LogP contribution is -2.28. The Morgan fingerprint density at radius 3 is 2.63 bits per heavy atom. The number of nitrogens with zero attached hydrogens (tertiary/aromatic N) is 1. The maximum Gasteiger partial charge on any atom is 0.258 e. The van der Waals surface area contributed by atoms with Gasteiger partial charge in [0.05, 0.1) is 18.5 Å². The van der Waals surface area contributed by atoms with Crippen LogP contribution in [0.25, 0.3) is 0 Å². The van der Waals surface area contributed by atoms with Gasteiger partial charge in [0, 0.05) is 6.21 Å². The van der Waals surface area contributed by atoms with Crippen molar-refractivity contribution in [3.8, 4) is 5.75 Å². The highest BCUT2D eigenvalue weighted by molar-refractivity contribution is 5.82. The number of ether oxygens (including phenoxy) is 1. The van der Waals surface area contributed by atoms with Crippen LogP contribution in [0.1, 0.15) is 22.5 Å². The summed E-state index contributed by atoms with van der Waals surface area (Å²) in [6.45, 7) is 4.46. The summed E-state index contributed by atoms with van der Waals surface area (Å²) in [5.41, 5.74) is 4.36. The molecule has 0 aliphatic rings. The quantitative estimate of drug-likeness (QED) is 0.636. The van der Waals surface area contributed by atoms with Crippen molar-refractivity contribution in [3.05, 3.63) is 83.3 Å². The Morgan fingerprint density at radius 1 is 1.11 bits per heavy atom. The van der Waals surface area contributed by atoms with E-state index in [1.807, 2.05) is 36.5 Å². The van der Waals surface area contributed by atoms with E-state index >= 15 is 0 Å². The molecular formula is C22H22N2O3. The third-order valence-corrected chi connectivity index (χ3v) is 4.14. The molecule has 0 saturated carbocycles. The van der Waals surface area contributed by atoms with Gasteiger partial charge in [0.1, 0.15) is 11.5 Å². The highest BCUT2D eigenvalue weighted by Gasteiger charge is 2.04. The zero-order chi connectivity index (χ0) is 19.1. The average molecular weight is 362 g/mol. The summed E-state index contributed by atoms with van der Waals surface area (Å²) in [6, 6.07) is 17.2. The van der Waals surface area contributed by atoms with E-state index in [0.29, 0.717) is 18.1 Å². The summed E-state index contributed by atoms with van der Waals surface area (Å²) < 4.78 is 10.7. The maximum absolute atomic E-state index is 11.8. The number of hydrogen-bond acceptors (Lipinski definition) is 4. The molecule has 1 amide bonds. The van der Waals surface area contributed by atoms with E-state index < -0.39 is 0 Å². The van der Waals surface area contributed by atoms with Crippen molar-refractivity contribution >= 4 is 17.8 Å². The molecule has 1 N–H and O–H groups in total. The number of carbonyl (C=O) groups is 1. The molecule has 0 saturated heterocycles. The lowest BCUT2D eigenvalue weighted by molar-refractivity contribution is -0.123. The highest BCUT2D eigenvalue weighted by atomic mass is 16.5. The van der Waals surface area contributed by atoms with E-state index in [0.717, 1.165) is 11.3 Å². The number of furan rings is 1. The Morgan fingerprint density at radius 2 is 1.93 bits per heavy atom. The molecule has 5 heteroatoms. The van der Waals surface area contributed by atoms with Crippen LogP contribution in [0.15, 0.2) is 70.3 Å². The fourth-order valence-electron chi connectivity index (χ4n) is 2.40. The normalized spacial score (nSPS) is 10.9. The van der Waals surface area contributed by atoms with E-state index in [4.69, 9.17) is 9.15 Å². The van der Waals surface area contributed by atoms with Crippen molar-refractivity contribution in [2.75, 3.05) is 6.61 Å². The van der Waals surface area contributed by atoms with Gasteiger partial charge in [-0.05, 0) is 79.1 Å². The molecule has 27 heavy (non-hydrogen) atoms. The molecule has 3 rings (SSSR count). The van der Waals surface area contributed by atoms with Gasteiger partial charge in [-0.15, -0.1) is 0 Å². The number of amides is 1. The molecule has 0 radical (unpaired) electrons. The highest BCUT2D eigenvalue weighted by Crippen LogP contribution is 2.17. The minimum Gasteiger partial charge on any atom is -0.484 e.